The summed E-state index contributed by atoms with van der Waals surface area (Å²) < 4.78 is 5.60. The summed E-state index contributed by atoms with van der Waals surface area (Å²) in [6.45, 7) is 6.73. The Morgan fingerprint density at radius 1 is 1.12 bits per heavy atom. The standard InChI is InChI=1S/C13H25N3O/c1-15-5-10-2-3-16(7-11(10)6-15)13-4-12(14)8-17-9-13/h10-13H,2-9,14H2,1H3. The highest BCUT2D eigenvalue weighted by molar-refractivity contribution is 4.92. The highest BCUT2D eigenvalue weighted by Crippen LogP contribution is 2.32. The van der Waals surface area contributed by atoms with E-state index in [1.165, 1.54) is 32.6 Å². The van der Waals surface area contributed by atoms with Crippen molar-refractivity contribution in [3.8, 4) is 0 Å². The molecule has 0 aromatic heterocycles. The maximum absolute atomic E-state index is 6.00. The second-order valence-corrected chi connectivity index (χ2v) is 6.21. The first kappa shape index (κ1) is 11.9. The second kappa shape index (κ2) is 4.84. The zero-order valence-corrected chi connectivity index (χ0v) is 10.8. The summed E-state index contributed by atoms with van der Waals surface area (Å²) in [4.78, 5) is 5.13. The molecule has 2 N–H and O–H groups in total. The van der Waals surface area contributed by atoms with E-state index in [4.69, 9.17) is 10.5 Å². The molecule has 3 saturated heterocycles. The van der Waals surface area contributed by atoms with Crippen LogP contribution in [0.15, 0.2) is 0 Å². The zero-order chi connectivity index (χ0) is 11.8. The fourth-order valence-corrected chi connectivity index (χ4v) is 3.86. The van der Waals surface area contributed by atoms with Gasteiger partial charge in [0.2, 0.25) is 0 Å². The smallest absolute Gasteiger partial charge is 0.0623 e. The lowest BCUT2D eigenvalue weighted by atomic mass is 9.87. The van der Waals surface area contributed by atoms with Crippen molar-refractivity contribution in [1.82, 2.24) is 9.80 Å². The number of likely N-dealkylation sites (tertiary alicyclic amines) is 2. The van der Waals surface area contributed by atoms with Crippen LogP contribution in [0.2, 0.25) is 0 Å². The Kier molecular flexibility index (Phi) is 3.39. The van der Waals surface area contributed by atoms with Gasteiger partial charge in [0.15, 0.2) is 0 Å². The Bertz CT molecular complexity index is 273. The quantitative estimate of drug-likeness (QED) is 0.699. The molecule has 4 atom stereocenters. The van der Waals surface area contributed by atoms with Gasteiger partial charge in [-0.05, 0) is 38.3 Å². The molecule has 3 aliphatic heterocycles. The molecule has 98 valence electrons. The number of hydrogen-bond donors (Lipinski definition) is 1. The van der Waals surface area contributed by atoms with Gasteiger partial charge in [-0.25, -0.2) is 0 Å². The molecule has 4 unspecified atom stereocenters. The molecule has 4 nitrogen and oxygen atoms in total. The molecule has 0 radical (unpaired) electrons. The van der Waals surface area contributed by atoms with Gasteiger partial charge in [0.05, 0.1) is 13.2 Å². The minimum absolute atomic E-state index is 0.248. The van der Waals surface area contributed by atoms with E-state index >= 15 is 0 Å². The van der Waals surface area contributed by atoms with Gasteiger partial charge < -0.3 is 15.4 Å². The molecular formula is C13H25N3O. The van der Waals surface area contributed by atoms with Crippen molar-refractivity contribution >= 4 is 0 Å². The third-order valence-electron chi connectivity index (χ3n) is 4.75. The predicted molar refractivity (Wildman–Crippen MR) is 67.9 cm³/mol. The Morgan fingerprint density at radius 3 is 2.76 bits per heavy atom. The number of hydrogen-bond acceptors (Lipinski definition) is 4. The van der Waals surface area contributed by atoms with E-state index < -0.39 is 0 Å². The average molecular weight is 239 g/mol. The fourth-order valence-electron chi connectivity index (χ4n) is 3.86. The second-order valence-electron chi connectivity index (χ2n) is 6.21. The van der Waals surface area contributed by atoms with Crippen molar-refractivity contribution in [2.75, 3.05) is 46.4 Å². The van der Waals surface area contributed by atoms with Crippen LogP contribution >= 0.6 is 0 Å². The van der Waals surface area contributed by atoms with Gasteiger partial charge in [0.1, 0.15) is 0 Å². The number of piperidine rings is 1. The van der Waals surface area contributed by atoms with E-state index in [-0.39, 0.29) is 6.04 Å². The number of fused-ring (bicyclic) bond motifs is 1. The fraction of sp³-hybridized carbons (Fsp3) is 1.00. The highest BCUT2D eigenvalue weighted by atomic mass is 16.5. The minimum atomic E-state index is 0.248. The lowest BCUT2D eigenvalue weighted by Crippen LogP contribution is -2.52. The molecule has 4 heteroatoms. The van der Waals surface area contributed by atoms with Gasteiger partial charge in [-0.1, -0.05) is 0 Å². The average Bonchev–Trinajstić information content (AvgIpc) is 2.68. The maximum atomic E-state index is 6.00. The summed E-state index contributed by atoms with van der Waals surface area (Å²) in [6, 6.07) is 0.823. The first-order chi connectivity index (χ1) is 8.22. The largest absolute Gasteiger partial charge is 0.378 e. The first-order valence-corrected chi connectivity index (χ1v) is 6.98. The molecule has 0 spiro atoms. The molecule has 0 bridgehead atoms. The summed E-state index contributed by atoms with van der Waals surface area (Å²) in [5, 5.41) is 0. The van der Waals surface area contributed by atoms with Crippen molar-refractivity contribution in [2.24, 2.45) is 17.6 Å². The van der Waals surface area contributed by atoms with Crippen LogP contribution in [0.25, 0.3) is 0 Å². The topological polar surface area (TPSA) is 41.7 Å². The van der Waals surface area contributed by atoms with Crippen molar-refractivity contribution in [2.45, 2.75) is 24.9 Å². The molecule has 0 saturated carbocycles. The van der Waals surface area contributed by atoms with E-state index in [1.807, 2.05) is 0 Å². The van der Waals surface area contributed by atoms with Gasteiger partial charge in [-0.15, -0.1) is 0 Å². The van der Waals surface area contributed by atoms with Crippen LogP contribution in [0.4, 0.5) is 0 Å². The minimum Gasteiger partial charge on any atom is -0.378 e. The number of nitrogens with two attached hydrogens (primary N) is 1. The van der Waals surface area contributed by atoms with E-state index in [1.54, 1.807) is 0 Å². The van der Waals surface area contributed by atoms with Gasteiger partial charge in [0, 0.05) is 31.7 Å². The Hall–Kier alpha value is -0.160. The molecule has 3 aliphatic rings. The first-order valence-electron chi connectivity index (χ1n) is 6.98. The van der Waals surface area contributed by atoms with E-state index in [9.17, 15) is 0 Å². The van der Waals surface area contributed by atoms with Gasteiger partial charge in [-0.2, -0.15) is 0 Å². The molecule has 0 aromatic rings. The normalized spacial score (nSPS) is 44.8. The van der Waals surface area contributed by atoms with E-state index in [0.29, 0.717) is 6.04 Å². The summed E-state index contributed by atoms with van der Waals surface area (Å²) in [7, 11) is 2.25. The molecule has 17 heavy (non-hydrogen) atoms. The molecule has 3 heterocycles. The summed E-state index contributed by atoms with van der Waals surface area (Å²) in [6.07, 6.45) is 2.48. The number of rotatable bonds is 1. The van der Waals surface area contributed by atoms with Crippen LogP contribution in [-0.4, -0.2) is 68.3 Å². The van der Waals surface area contributed by atoms with Crippen LogP contribution in [0.3, 0.4) is 0 Å². The number of nitrogens with zero attached hydrogens (tertiary/aromatic N) is 2. The number of ether oxygens (including phenoxy) is 1. The molecule has 3 fully saturated rings. The van der Waals surface area contributed by atoms with Gasteiger partial charge >= 0.3 is 0 Å². The zero-order valence-electron chi connectivity index (χ0n) is 10.8. The van der Waals surface area contributed by atoms with Crippen LogP contribution in [-0.2, 0) is 4.74 Å². The summed E-state index contributed by atoms with van der Waals surface area (Å²) in [5.74, 6) is 1.82. The lowest BCUT2D eigenvalue weighted by Gasteiger charge is -2.42. The van der Waals surface area contributed by atoms with E-state index in [2.05, 4.69) is 16.8 Å². The lowest BCUT2D eigenvalue weighted by molar-refractivity contribution is -0.0118. The van der Waals surface area contributed by atoms with Crippen molar-refractivity contribution in [1.29, 1.82) is 0 Å². The molecule has 0 aliphatic carbocycles. The highest BCUT2D eigenvalue weighted by Gasteiger charge is 2.38. The predicted octanol–water partition coefficient (Wildman–Crippen LogP) is -0.0139. The van der Waals surface area contributed by atoms with Gasteiger partial charge in [-0.3, -0.25) is 4.90 Å². The monoisotopic (exact) mass is 239 g/mol. The van der Waals surface area contributed by atoms with Crippen LogP contribution in [0.1, 0.15) is 12.8 Å². The van der Waals surface area contributed by atoms with Crippen LogP contribution < -0.4 is 5.73 Å². The third-order valence-corrected chi connectivity index (χ3v) is 4.75. The van der Waals surface area contributed by atoms with Crippen LogP contribution in [0.5, 0.6) is 0 Å². The van der Waals surface area contributed by atoms with Crippen molar-refractivity contribution in [3.63, 3.8) is 0 Å². The Labute approximate surface area is 104 Å². The van der Waals surface area contributed by atoms with E-state index in [0.717, 1.165) is 31.5 Å². The Balaban J connectivity index is 1.58. The maximum Gasteiger partial charge on any atom is 0.0623 e. The van der Waals surface area contributed by atoms with Crippen molar-refractivity contribution in [3.05, 3.63) is 0 Å². The molecule has 3 rings (SSSR count). The Morgan fingerprint density at radius 2 is 1.94 bits per heavy atom. The molecule has 0 amide bonds. The molecular weight excluding hydrogens is 214 g/mol. The summed E-state index contributed by atoms with van der Waals surface area (Å²) in [5.41, 5.74) is 6.00. The van der Waals surface area contributed by atoms with Crippen LogP contribution in [0, 0.1) is 11.8 Å². The summed E-state index contributed by atoms with van der Waals surface area (Å²) >= 11 is 0. The van der Waals surface area contributed by atoms with Crippen molar-refractivity contribution < 1.29 is 4.74 Å². The third kappa shape index (κ3) is 2.50. The SMILES string of the molecule is CN1CC2CCN(C3COCC(N)C3)CC2C1. The van der Waals surface area contributed by atoms with Gasteiger partial charge in [0.25, 0.3) is 0 Å². The molecule has 0 aromatic carbocycles.